The van der Waals surface area contributed by atoms with Crippen LogP contribution in [-0.2, 0) is 14.8 Å². The maximum Gasteiger partial charge on any atom is 0.243 e. The van der Waals surface area contributed by atoms with Gasteiger partial charge in [0.2, 0.25) is 15.9 Å². The molecule has 1 heterocycles. The molecule has 1 aliphatic heterocycles. The number of nitrogens with zero attached hydrogens (tertiary/aromatic N) is 3. The van der Waals surface area contributed by atoms with Crippen molar-refractivity contribution in [3.63, 3.8) is 0 Å². The summed E-state index contributed by atoms with van der Waals surface area (Å²) in [7, 11) is -3.61. The second kappa shape index (κ2) is 8.81. The van der Waals surface area contributed by atoms with Gasteiger partial charge in [-0.1, -0.05) is 29.3 Å². The molecule has 2 aromatic rings. The fourth-order valence-corrected chi connectivity index (χ4v) is 4.49. The molecule has 0 unspecified atom stereocenters. The van der Waals surface area contributed by atoms with E-state index in [4.69, 9.17) is 23.2 Å². The lowest BCUT2D eigenvalue weighted by atomic mass is 10.1. The number of hydrogen-bond donors (Lipinski definition) is 0. The van der Waals surface area contributed by atoms with Crippen LogP contribution in [0.1, 0.15) is 5.56 Å². The van der Waals surface area contributed by atoms with Gasteiger partial charge in [-0.05, 0) is 48.9 Å². The van der Waals surface area contributed by atoms with Gasteiger partial charge in [-0.2, -0.15) is 0 Å². The number of sulfonamides is 1. The highest BCUT2D eigenvalue weighted by atomic mass is 35.5. The Balaban J connectivity index is 1.68. The number of carbonyl (C=O) groups excluding carboxylic acids is 1. The van der Waals surface area contributed by atoms with E-state index in [2.05, 4.69) is 4.90 Å². The van der Waals surface area contributed by atoms with Crippen LogP contribution in [0.2, 0.25) is 10.0 Å². The summed E-state index contributed by atoms with van der Waals surface area (Å²) in [5, 5.41) is 1.18. The van der Waals surface area contributed by atoms with Gasteiger partial charge in [-0.25, -0.2) is 8.42 Å². The minimum Gasteiger partial charge on any atom is -0.368 e. The summed E-state index contributed by atoms with van der Waals surface area (Å²) >= 11 is 12.0. The van der Waals surface area contributed by atoms with Gasteiger partial charge in [0.15, 0.2) is 0 Å². The Morgan fingerprint density at radius 2 is 1.59 bits per heavy atom. The molecule has 1 aliphatic rings. The zero-order valence-electron chi connectivity index (χ0n) is 16.3. The predicted molar refractivity (Wildman–Crippen MR) is 119 cm³/mol. The highest BCUT2D eigenvalue weighted by Crippen LogP contribution is 2.26. The summed E-state index contributed by atoms with van der Waals surface area (Å²) in [4.78, 5) is 16.7. The van der Waals surface area contributed by atoms with Crippen LogP contribution in [0.25, 0.3) is 0 Å². The SMILES string of the molecule is Cc1ccc(Cl)cc1N1CCN(C(=O)CN(c2ccc(Cl)cc2)S(C)(=O)=O)CC1. The molecule has 29 heavy (non-hydrogen) atoms. The Morgan fingerprint density at radius 3 is 2.17 bits per heavy atom. The number of halogens is 2. The van der Waals surface area contributed by atoms with Crippen molar-refractivity contribution in [3.8, 4) is 0 Å². The number of amides is 1. The van der Waals surface area contributed by atoms with Gasteiger partial charge in [0.25, 0.3) is 0 Å². The van der Waals surface area contributed by atoms with Gasteiger partial charge < -0.3 is 9.80 Å². The third kappa shape index (κ3) is 5.35. The maximum absolute atomic E-state index is 12.8. The molecule has 0 N–H and O–H groups in total. The molecule has 0 bridgehead atoms. The fourth-order valence-electron chi connectivity index (χ4n) is 3.35. The van der Waals surface area contributed by atoms with E-state index < -0.39 is 10.0 Å². The molecular weight excluding hydrogens is 433 g/mol. The molecule has 0 atom stereocenters. The number of benzene rings is 2. The molecular formula is C20H23Cl2N3O3S. The van der Waals surface area contributed by atoms with Gasteiger partial charge in [0.1, 0.15) is 6.54 Å². The van der Waals surface area contributed by atoms with Crippen LogP contribution in [0.5, 0.6) is 0 Å². The molecule has 1 saturated heterocycles. The van der Waals surface area contributed by atoms with Crippen LogP contribution < -0.4 is 9.21 Å². The average Bonchev–Trinajstić information content (AvgIpc) is 2.68. The molecule has 0 aliphatic carbocycles. The van der Waals surface area contributed by atoms with Crippen LogP contribution in [0.15, 0.2) is 42.5 Å². The fraction of sp³-hybridized carbons (Fsp3) is 0.350. The molecule has 0 spiro atoms. The average molecular weight is 456 g/mol. The maximum atomic E-state index is 12.8. The third-order valence-electron chi connectivity index (χ3n) is 4.94. The largest absolute Gasteiger partial charge is 0.368 e. The zero-order valence-corrected chi connectivity index (χ0v) is 18.6. The monoisotopic (exact) mass is 455 g/mol. The summed E-state index contributed by atoms with van der Waals surface area (Å²) in [6.45, 7) is 4.14. The predicted octanol–water partition coefficient (Wildman–Crippen LogP) is 3.42. The zero-order chi connectivity index (χ0) is 21.2. The van der Waals surface area contributed by atoms with Crippen molar-refractivity contribution in [2.24, 2.45) is 0 Å². The van der Waals surface area contributed by atoms with E-state index in [9.17, 15) is 13.2 Å². The molecule has 1 fully saturated rings. The first-order valence-corrected chi connectivity index (χ1v) is 11.8. The van der Waals surface area contributed by atoms with E-state index in [0.29, 0.717) is 41.9 Å². The Bertz CT molecular complexity index is 989. The number of carbonyl (C=O) groups is 1. The summed E-state index contributed by atoms with van der Waals surface area (Å²) in [5.41, 5.74) is 2.60. The smallest absolute Gasteiger partial charge is 0.243 e. The number of rotatable bonds is 5. The standard InChI is InChI=1S/C20H23Cl2N3O3S/c1-15-3-4-17(22)13-19(15)23-9-11-24(12-10-23)20(26)14-25(29(2,27)28)18-7-5-16(21)6-8-18/h3-8,13H,9-12,14H2,1-2H3. The first-order chi connectivity index (χ1) is 13.6. The molecule has 6 nitrogen and oxygen atoms in total. The molecule has 0 saturated carbocycles. The van der Waals surface area contributed by atoms with Gasteiger partial charge in [0.05, 0.1) is 11.9 Å². The minimum atomic E-state index is -3.61. The Labute approximate surface area is 181 Å². The van der Waals surface area contributed by atoms with E-state index in [1.807, 2.05) is 25.1 Å². The number of piperazine rings is 1. The van der Waals surface area contributed by atoms with Crippen molar-refractivity contribution in [2.75, 3.05) is 48.2 Å². The Hall–Kier alpha value is -1.96. The van der Waals surface area contributed by atoms with Gasteiger partial charge in [-0.15, -0.1) is 0 Å². The second-order valence-corrected chi connectivity index (χ2v) is 9.82. The first kappa shape index (κ1) is 21.7. The van der Waals surface area contributed by atoms with E-state index in [0.717, 1.165) is 21.8 Å². The van der Waals surface area contributed by atoms with Crippen molar-refractivity contribution in [1.82, 2.24) is 4.90 Å². The lowest BCUT2D eigenvalue weighted by Crippen LogP contribution is -2.52. The van der Waals surface area contributed by atoms with Crippen molar-refractivity contribution in [2.45, 2.75) is 6.92 Å². The highest BCUT2D eigenvalue weighted by molar-refractivity contribution is 7.92. The summed E-state index contributed by atoms with van der Waals surface area (Å²) < 4.78 is 25.6. The minimum absolute atomic E-state index is 0.229. The summed E-state index contributed by atoms with van der Waals surface area (Å²) in [6, 6.07) is 12.2. The van der Waals surface area contributed by atoms with E-state index >= 15 is 0 Å². The Morgan fingerprint density at radius 1 is 1.00 bits per heavy atom. The summed E-state index contributed by atoms with van der Waals surface area (Å²) in [6.07, 6.45) is 1.09. The number of anilines is 2. The number of aryl methyl sites for hydroxylation is 1. The van der Waals surface area contributed by atoms with E-state index in [1.165, 1.54) is 0 Å². The van der Waals surface area contributed by atoms with Crippen molar-refractivity contribution in [3.05, 3.63) is 58.1 Å². The van der Waals surface area contributed by atoms with Crippen LogP contribution >= 0.6 is 23.2 Å². The molecule has 0 aromatic heterocycles. The quantitative estimate of drug-likeness (QED) is 0.692. The highest BCUT2D eigenvalue weighted by Gasteiger charge is 2.27. The van der Waals surface area contributed by atoms with Crippen LogP contribution in [0.4, 0.5) is 11.4 Å². The normalized spacial score (nSPS) is 14.8. The lowest BCUT2D eigenvalue weighted by Gasteiger charge is -2.37. The summed E-state index contributed by atoms with van der Waals surface area (Å²) in [5.74, 6) is -0.229. The lowest BCUT2D eigenvalue weighted by molar-refractivity contribution is -0.129. The van der Waals surface area contributed by atoms with Crippen LogP contribution in [0.3, 0.4) is 0 Å². The van der Waals surface area contributed by atoms with Gasteiger partial charge in [0, 0.05) is 41.9 Å². The van der Waals surface area contributed by atoms with Crippen molar-refractivity contribution in [1.29, 1.82) is 0 Å². The number of hydrogen-bond acceptors (Lipinski definition) is 4. The third-order valence-corrected chi connectivity index (χ3v) is 6.57. The molecule has 156 valence electrons. The van der Waals surface area contributed by atoms with Gasteiger partial charge >= 0.3 is 0 Å². The van der Waals surface area contributed by atoms with Crippen LogP contribution in [0, 0.1) is 6.92 Å². The first-order valence-electron chi connectivity index (χ1n) is 9.17. The van der Waals surface area contributed by atoms with Crippen molar-refractivity contribution < 1.29 is 13.2 Å². The Kier molecular flexibility index (Phi) is 6.61. The van der Waals surface area contributed by atoms with Crippen LogP contribution in [-0.4, -0.2) is 58.2 Å². The molecule has 2 aromatic carbocycles. The second-order valence-electron chi connectivity index (χ2n) is 7.04. The van der Waals surface area contributed by atoms with Crippen molar-refractivity contribution >= 4 is 50.5 Å². The van der Waals surface area contributed by atoms with E-state index in [-0.39, 0.29) is 12.5 Å². The molecule has 0 radical (unpaired) electrons. The van der Waals surface area contributed by atoms with Gasteiger partial charge in [-0.3, -0.25) is 9.10 Å². The molecule has 9 heteroatoms. The molecule has 1 amide bonds. The van der Waals surface area contributed by atoms with E-state index in [1.54, 1.807) is 29.2 Å². The topological polar surface area (TPSA) is 60.9 Å². The molecule has 3 rings (SSSR count).